The molecular formula is C10H17Si. The topological polar surface area (TPSA) is 0 Å². The number of rotatable bonds is 1. The van der Waals surface area contributed by atoms with Crippen molar-refractivity contribution in [2.45, 2.75) is 33.0 Å². The van der Waals surface area contributed by atoms with Gasteiger partial charge in [0.15, 0.2) is 0 Å². The maximum absolute atomic E-state index is 2.39. The molecule has 0 amide bonds. The van der Waals surface area contributed by atoms with E-state index in [1.54, 1.807) is 5.20 Å². The lowest BCUT2D eigenvalue weighted by atomic mass is 10.0. The Labute approximate surface area is 71.0 Å². The average molecular weight is 165 g/mol. The Kier molecular flexibility index (Phi) is 2.38. The summed E-state index contributed by atoms with van der Waals surface area (Å²) < 4.78 is 0. The number of hydrogen-bond acceptors (Lipinski definition) is 0. The van der Waals surface area contributed by atoms with Crippen LogP contribution in [0.25, 0.3) is 0 Å². The summed E-state index contributed by atoms with van der Waals surface area (Å²) in [6.45, 7) is 9.38. The minimum atomic E-state index is -1.04. The summed E-state index contributed by atoms with van der Waals surface area (Å²) in [5.74, 6) is 1.50. The standard InChI is InChI=1S/C10H17Si/c1-9-6-5-7-10(8-9)11(2,3)4/h5,7-8H,6H2,1-4H3. The Bertz CT molecular complexity index is 193. The van der Waals surface area contributed by atoms with Crippen molar-refractivity contribution < 1.29 is 0 Å². The molecule has 1 aliphatic carbocycles. The van der Waals surface area contributed by atoms with Crippen LogP contribution in [-0.4, -0.2) is 8.07 Å². The second-order valence-corrected chi connectivity index (χ2v) is 9.38. The van der Waals surface area contributed by atoms with Gasteiger partial charge in [-0.3, -0.25) is 0 Å². The third kappa shape index (κ3) is 2.33. The van der Waals surface area contributed by atoms with Crippen LogP contribution in [-0.2, 0) is 0 Å². The third-order valence-corrected chi connectivity index (χ3v) is 4.05. The van der Waals surface area contributed by atoms with Gasteiger partial charge < -0.3 is 0 Å². The van der Waals surface area contributed by atoms with Gasteiger partial charge in [-0.25, -0.2) is 0 Å². The van der Waals surface area contributed by atoms with Gasteiger partial charge in [-0.1, -0.05) is 50.0 Å². The van der Waals surface area contributed by atoms with E-state index in [-0.39, 0.29) is 0 Å². The average Bonchev–Trinajstić information content (AvgIpc) is 1.86. The Hall–Kier alpha value is -0.303. The monoisotopic (exact) mass is 165 g/mol. The Morgan fingerprint density at radius 2 is 1.91 bits per heavy atom. The molecule has 1 radical (unpaired) electrons. The maximum Gasteiger partial charge on any atom is 0.0771 e. The van der Waals surface area contributed by atoms with Crippen LogP contribution in [0, 0.1) is 5.92 Å². The predicted molar refractivity (Wildman–Crippen MR) is 54.1 cm³/mol. The zero-order chi connectivity index (χ0) is 8.48. The molecular weight excluding hydrogens is 148 g/mol. The molecule has 0 nitrogen and oxygen atoms in total. The van der Waals surface area contributed by atoms with E-state index in [2.05, 4.69) is 44.8 Å². The summed E-state index contributed by atoms with van der Waals surface area (Å²) in [4.78, 5) is 0. The van der Waals surface area contributed by atoms with Crippen LogP contribution in [0.15, 0.2) is 23.4 Å². The number of hydrogen-bond donors (Lipinski definition) is 0. The van der Waals surface area contributed by atoms with E-state index in [9.17, 15) is 0 Å². The van der Waals surface area contributed by atoms with Gasteiger partial charge >= 0.3 is 0 Å². The molecule has 1 aliphatic rings. The first-order valence-corrected chi connectivity index (χ1v) is 7.71. The highest BCUT2D eigenvalue weighted by Crippen LogP contribution is 2.24. The van der Waals surface area contributed by atoms with Gasteiger partial charge in [0.05, 0.1) is 8.07 Å². The van der Waals surface area contributed by atoms with Crippen molar-refractivity contribution in [2.75, 3.05) is 0 Å². The van der Waals surface area contributed by atoms with Crippen molar-refractivity contribution in [1.82, 2.24) is 0 Å². The molecule has 0 aromatic carbocycles. The van der Waals surface area contributed by atoms with E-state index < -0.39 is 8.07 Å². The van der Waals surface area contributed by atoms with Gasteiger partial charge in [0.1, 0.15) is 0 Å². The molecule has 1 heteroatoms. The SMILES string of the molecule is C[C]1C=C([Si](C)(C)C)C=CC1. The largest absolute Gasteiger partial charge is 0.0838 e. The summed E-state index contributed by atoms with van der Waals surface area (Å²) in [7, 11) is -1.04. The molecule has 0 atom stereocenters. The van der Waals surface area contributed by atoms with Crippen LogP contribution in [0.2, 0.25) is 19.6 Å². The van der Waals surface area contributed by atoms with Gasteiger partial charge in [-0.05, 0) is 12.3 Å². The van der Waals surface area contributed by atoms with E-state index in [4.69, 9.17) is 0 Å². The van der Waals surface area contributed by atoms with Gasteiger partial charge in [-0.2, -0.15) is 0 Å². The highest BCUT2D eigenvalue weighted by atomic mass is 28.3. The van der Waals surface area contributed by atoms with E-state index in [1.165, 1.54) is 5.92 Å². The van der Waals surface area contributed by atoms with Crippen LogP contribution in [0.3, 0.4) is 0 Å². The van der Waals surface area contributed by atoms with Crippen molar-refractivity contribution in [3.8, 4) is 0 Å². The highest BCUT2D eigenvalue weighted by Gasteiger charge is 2.19. The normalized spacial score (nSPS) is 20.2. The predicted octanol–water partition coefficient (Wildman–Crippen LogP) is 3.34. The fraction of sp³-hybridized carbons (Fsp3) is 0.500. The molecule has 0 fully saturated rings. The van der Waals surface area contributed by atoms with Crippen molar-refractivity contribution in [2.24, 2.45) is 0 Å². The van der Waals surface area contributed by atoms with Crippen LogP contribution in [0.1, 0.15) is 13.3 Å². The molecule has 0 saturated carbocycles. The lowest BCUT2D eigenvalue weighted by molar-refractivity contribution is 1.05. The van der Waals surface area contributed by atoms with Crippen LogP contribution in [0.4, 0.5) is 0 Å². The minimum absolute atomic E-state index is 1.04. The summed E-state index contributed by atoms with van der Waals surface area (Å²) in [5.41, 5.74) is 0. The van der Waals surface area contributed by atoms with E-state index in [1.807, 2.05) is 0 Å². The van der Waals surface area contributed by atoms with Crippen molar-refractivity contribution >= 4 is 8.07 Å². The zero-order valence-electron chi connectivity index (χ0n) is 7.94. The smallest absolute Gasteiger partial charge is 0.0771 e. The lowest BCUT2D eigenvalue weighted by Crippen LogP contribution is -2.24. The molecule has 61 valence electrons. The second-order valence-electron chi connectivity index (χ2n) is 4.30. The molecule has 0 aromatic rings. The summed E-state index contributed by atoms with van der Waals surface area (Å²) in [5, 5.41) is 1.58. The van der Waals surface area contributed by atoms with Gasteiger partial charge in [0, 0.05) is 0 Å². The quantitative estimate of drug-likeness (QED) is 0.523. The molecule has 0 heterocycles. The van der Waals surface area contributed by atoms with E-state index in [0.717, 1.165) is 6.42 Å². The minimum Gasteiger partial charge on any atom is -0.0838 e. The molecule has 0 saturated heterocycles. The fourth-order valence-corrected chi connectivity index (χ4v) is 2.51. The maximum atomic E-state index is 2.39. The molecule has 1 rings (SSSR count). The molecule has 0 N–H and O–H groups in total. The van der Waals surface area contributed by atoms with E-state index in [0.29, 0.717) is 0 Å². The Morgan fingerprint density at radius 1 is 1.27 bits per heavy atom. The summed E-state index contributed by atoms with van der Waals surface area (Å²) >= 11 is 0. The molecule has 0 aliphatic heterocycles. The first-order valence-electron chi connectivity index (χ1n) is 4.21. The third-order valence-electron chi connectivity index (χ3n) is 2.01. The number of allylic oxidation sites excluding steroid dienone is 4. The first kappa shape index (κ1) is 8.79. The summed E-state index contributed by atoms with van der Waals surface area (Å²) in [6.07, 6.45) is 8.10. The van der Waals surface area contributed by atoms with E-state index >= 15 is 0 Å². The molecule has 0 bridgehead atoms. The summed E-state index contributed by atoms with van der Waals surface area (Å²) in [6, 6.07) is 0. The molecule has 11 heavy (non-hydrogen) atoms. The van der Waals surface area contributed by atoms with Crippen LogP contribution >= 0.6 is 0 Å². The van der Waals surface area contributed by atoms with Gasteiger partial charge in [-0.15, -0.1) is 0 Å². The van der Waals surface area contributed by atoms with Crippen LogP contribution in [0.5, 0.6) is 0 Å². The molecule has 0 spiro atoms. The van der Waals surface area contributed by atoms with Gasteiger partial charge in [0.25, 0.3) is 0 Å². The lowest BCUT2D eigenvalue weighted by Gasteiger charge is -2.22. The highest BCUT2D eigenvalue weighted by molar-refractivity contribution is 6.83. The fourth-order valence-electron chi connectivity index (χ4n) is 1.21. The van der Waals surface area contributed by atoms with Crippen molar-refractivity contribution in [3.05, 3.63) is 29.3 Å². The van der Waals surface area contributed by atoms with Gasteiger partial charge in [0.2, 0.25) is 0 Å². The zero-order valence-corrected chi connectivity index (χ0v) is 8.94. The van der Waals surface area contributed by atoms with Crippen molar-refractivity contribution in [3.63, 3.8) is 0 Å². The first-order chi connectivity index (χ1) is 5.00. The molecule has 0 aromatic heterocycles. The van der Waals surface area contributed by atoms with Crippen molar-refractivity contribution in [1.29, 1.82) is 0 Å². The Balaban J connectivity index is 2.80. The second kappa shape index (κ2) is 2.98. The van der Waals surface area contributed by atoms with Crippen LogP contribution < -0.4 is 0 Å². The molecule has 0 unspecified atom stereocenters. The Morgan fingerprint density at radius 3 is 2.27 bits per heavy atom.